The Bertz CT molecular complexity index is 854. The van der Waals surface area contributed by atoms with Gasteiger partial charge in [-0.3, -0.25) is 9.97 Å². The smallest absolute Gasteiger partial charge is 0.141 e. The van der Waals surface area contributed by atoms with E-state index in [1.807, 2.05) is 43.2 Å². The largest absolute Gasteiger partial charge is 0.506 e. The number of carbonyl (C=O) groups is 1. The highest BCUT2D eigenvalue weighted by Gasteiger charge is 1.97. The van der Waals surface area contributed by atoms with Crippen LogP contribution in [0.1, 0.15) is 0 Å². The summed E-state index contributed by atoms with van der Waals surface area (Å²) in [5.41, 5.74) is 1.32. The van der Waals surface area contributed by atoms with Gasteiger partial charge in [-0.05, 0) is 24.3 Å². The molecule has 0 spiro atoms. The van der Waals surface area contributed by atoms with Crippen LogP contribution in [0.4, 0.5) is 0 Å². The molecule has 0 radical (unpaired) electrons. The number of pyridine rings is 2. The molecule has 0 atom stereocenters. The molecular weight excluding hydrogens is 304 g/mol. The van der Waals surface area contributed by atoms with Crippen molar-refractivity contribution in [3.8, 4) is 11.5 Å². The van der Waals surface area contributed by atoms with Gasteiger partial charge in [-0.25, -0.2) is 0 Å². The molecule has 5 nitrogen and oxygen atoms in total. The predicted octanol–water partition coefficient (Wildman–Crippen LogP) is 3.70. The molecule has 4 rings (SSSR count). The van der Waals surface area contributed by atoms with Crippen molar-refractivity contribution >= 4 is 28.6 Å². The van der Waals surface area contributed by atoms with Crippen LogP contribution in [-0.4, -0.2) is 27.0 Å². The van der Waals surface area contributed by atoms with Crippen LogP contribution in [0, 0.1) is 0 Å². The van der Waals surface area contributed by atoms with Crippen molar-refractivity contribution in [1.82, 2.24) is 9.97 Å². The second-order valence-corrected chi connectivity index (χ2v) is 4.70. The van der Waals surface area contributed by atoms with Crippen molar-refractivity contribution in [2.45, 2.75) is 0 Å². The van der Waals surface area contributed by atoms with E-state index in [-0.39, 0.29) is 11.5 Å². The number of fused-ring (bicyclic) bond motifs is 2. The number of rotatable bonds is 0. The van der Waals surface area contributed by atoms with E-state index in [1.54, 1.807) is 36.7 Å². The molecule has 0 aliphatic carbocycles. The summed E-state index contributed by atoms with van der Waals surface area (Å²) in [7, 11) is 0. The third-order valence-electron chi connectivity index (χ3n) is 3.22. The maximum absolute atomic E-state index is 9.31. The molecule has 0 saturated carbocycles. The molecule has 0 saturated heterocycles. The van der Waals surface area contributed by atoms with E-state index in [2.05, 4.69) is 9.97 Å². The van der Waals surface area contributed by atoms with E-state index in [1.165, 1.54) is 0 Å². The molecule has 24 heavy (non-hydrogen) atoms. The van der Waals surface area contributed by atoms with E-state index < -0.39 is 0 Å². The zero-order valence-corrected chi connectivity index (χ0v) is 12.8. The Morgan fingerprint density at radius 3 is 1.38 bits per heavy atom. The van der Waals surface area contributed by atoms with Crippen LogP contribution < -0.4 is 0 Å². The van der Waals surface area contributed by atoms with Crippen molar-refractivity contribution < 1.29 is 15.0 Å². The quantitative estimate of drug-likeness (QED) is 0.516. The van der Waals surface area contributed by atoms with Crippen molar-refractivity contribution in [3.05, 3.63) is 73.1 Å². The minimum atomic E-state index is 0.239. The van der Waals surface area contributed by atoms with Crippen LogP contribution in [0.2, 0.25) is 0 Å². The summed E-state index contributed by atoms with van der Waals surface area (Å²) in [5, 5.41) is 20.5. The maximum atomic E-state index is 9.31. The van der Waals surface area contributed by atoms with E-state index in [0.717, 1.165) is 10.8 Å². The molecule has 2 heterocycles. The molecule has 0 fully saturated rings. The fraction of sp³-hybridized carbons (Fsp3) is 0. The highest BCUT2D eigenvalue weighted by Crippen LogP contribution is 2.21. The van der Waals surface area contributed by atoms with E-state index in [0.29, 0.717) is 11.0 Å². The molecular formula is C19H16N2O3. The van der Waals surface area contributed by atoms with Crippen LogP contribution >= 0.6 is 0 Å². The molecule has 0 aliphatic heterocycles. The lowest BCUT2D eigenvalue weighted by atomic mass is 10.2. The minimum absolute atomic E-state index is 0.239. The summed E-state index contributed by atoms with van der Waals surface area (Å²) < 4.78 is 0. The Balaban J connectivity index is 0.000000158. The first kappa shape index (κ1) is 16.9. The molecule has 0 amide bonds. The minimum Gasteiger partial charge on any atom is -0.506 e. The predicted molar refractivity (Wildman–Crippen MR) is 93.9 cm³/mol. The number of hydrogen-bond acceptors (Lipinski definition) is 5. The Morgan fingerprint density at radius 1 is 0.625 bits per heavy atom. The van der Waals surface area contributed by atoms with Crippen molar-refractivity contribution in [2.75, 3.05) is 0 Å². The second-order valence-electron chi connectivity index (χ2n) is 4.70. The van der Waals surface area contributed by atoms with Gasteiger partial charge in [0.1, 0.15) is 29.3 Å². The number of aromatic nitrogens is 2. The van der Waals surface area contributed by atoms with Gasteiger partial charge in [-0.1, -0.05) is 36.4 Å². The number of nitrogens with zero attached hydrogens (tertiary/aromatic N) is 2. The van der Waals surface area contributed by atoms with Gasteiger partial charge in [0.25, 0.3) is 0 Å². The lowest BCUT2D eigenvalue weighted by molar-refractivity contribution is -0.0979. The number of carbonyl (C=O) groups excluding carboxylic acids is 1. The van der Waals surface area contributed by atoms with Crippen molar-refractivity contribution in [3.63, 3.8) is 0 Å². The number of aromatic hydroxyl groups is 2. The maximum Gasteiger partial charge on any atom is 0.141 e. The van der Waals surface area contributed by atoms with Crippen LogP contribution in [0.5, 0.6) is 11.5 Å². The molecule has 2 aromatic carbocycles. The van der Waals surface area contributed by atoms with Gasteiger partial charge >= 0.3 is 0 Å². The van der Waals surface area contributed by atoms with Crippen LogP contribution in [0.15, 0.2) is 73.1 Å². The summed E-state index contributed by atoms with van der Waals surface area (Å²) in [6.45, 7) is 2.00. The Hall–Kier alpha value is -3.47. The van der Waals surface area contributed by atoms with Gasteiger partial charge in [-0.15, -0.1) is 0 Å². The molecule has 4 aromatic rings. The molecule has 5 heteroatoms. The molecule has 120 valence electrons. The average Bonchev–Trinajstić information content (AvgIpc) is 2.65. The number of phenolic OH excluding ortho intramolecular Hbond substituents is 2. The van der Waals surface area contributed by atoms with Crippen LogP contribution in [0.25, 0.3) is 21.8 Å². The van der Waals surface area contributed by atoms with E-state index in [4.69, 9.17) is 4.79 Å². The van der Waals surface area contributed by atoms with Gasteiger partial charge in [0.2, 0.25) is 0 Å². The first-order valence-corrected chi connectivity index (χ1v) is 7.10. The Kier molecular flexibility index (Phi) is 5.80. The summed E-state index contributed by atoms with van der Waals surface area (Å²) in [5.74, 6) is 0.478. The highest BCUT2D eigenvalue weighted by molar-refractivity contribution is 5.84. The van der Waals surface area contributed by atoms with Gasteiger partial charge < -0.3 is 15.0 Å². The third-order valence-corrected chi connectivity index (χ3v) is 3.22. The molecule has 2 aromatic heterocycles. The van der Waals surface area contributed by atoms with Crippen LogP contribution in [-0.2, 0) is 4.79 Å². The Morgan fingerprint density at radius 2 is 1.00 bits per heavy atom. The lowest BCUT2D eigenvalue weighted by Gasteiger charge is -1.96. The van der Waals surface area contributed by atoms with Crippen molar-refractivity contribution in [2.24, 2.45) is 0 Å². The second kappa shape index (κ2) is 8.24. The molecule has 2 N–H and O–H groups in total. The monoisotopic (exact) mass is 320 g/mol. The van der Waals surface area contributed by atoms with Crippen LogP contribution in [0.3, 0.4) is 0 Å². The number of phenols is 2. The summed E-state index contributed by atoms with van der Waals surface area (Å²) in [4.78, 5) is 16.1. The molecule has 0 aliphatic rings. The SMILES string of the molecule is C=O.Oc1cccc2cccnc12.Oc1cccc2cccnc12. The number of hydrogen-bond donors (Lipinski definition) is 2. The normalized spacial score (nSPS) is 9.50. The first-order chi connectivity index (χ1) is 11.8. The molecule has 0 bridgehead atoms. The summed E-state index contributed by atoms with van der Waals surface area (Å²) in [6, 6.07) is 18.3. The zero-order valence-electron chi connectivity index (χ0n) is 12.8. The standard InChI is InChI=1S/2C9H7NO.CH2O/c2*11-8-5-1-3-7-4-2-6-10-9(7)8;1-2/h2*1-6,11H;1H2. The third kappa shape index (κ3) is 3.84. The van der Waals surface area contributed by atoms with E-state index >= 15 is 0 Å². The topological polar surface area (TPSA) is 83.3 Å². The van der Waals surface area contributed by atoms with Gasteiger partial charge in [-0.2, -0.15) is 0 Å². The number of para-hydroxylation sites is 2. The fourth-order valence-electron chi connectivity index (χ4n) is 2.18. The van der Waals surface area contributed by atoms with E-state index in [9.17, 15) is 10.2 Å². The number of benzene rings is 2. The lowest BCUT2D eigenvalue weighted by Crippen LogP contribution is -1.76. The van der Waals surface area contributed by atoms with Crippen molar-refractivity contribution in [1.29, 1.82) is 0 Å². The first-order valence-electron chi connectivity index (χ1n) is 7.10. The zero-order chi connectivity index (χ0) is 17.4. The van der Waals surface area contributed by atoms with Gasteiger partial charge in [0.15, 0.2) is 0 Å². The van der Waals surface area contributed by atoms with Gasteiger partial charge in [0, 0.05) is 23.2 Å². The highest BCUT2D eigenvalue weighted by atomic mass is 16.3. The molecule has 0 unspecified atom stereocenters. The summed E-state index contributed by atoms with van der Waals surface area (Å²) in [6.07, 6.45) is 3.34. The average molecular weight is 320 g/mol. The van der Waals surface area contributed by atoms with Gasteiger partial charge in [0.05, 0.1) is 0 Å². The fourth-order valence-corrected chi connectivity index (χ4v) is 2.18. The Labute approximate surface area is 138 Å². The summed E-state index contributed by atoms with van der Waals surface area (Å²) >= 11 is 0.